The number of hydrogen-bond acceptors (Lipinski definition) is 4. The minimum absolute atomic E-state index is 0.276. The van der Waals surface area contributed by atoms with Crippen molar-refractivity contribution in [3.05, 3.63) is 89.4 Å². The SMILES string of the molecule is Cc1ccccc1C(=O)Nc1ccccc1C(=O)NN=Cc1ccco1. The molecular weight excluding hydrogens is 330 g/mol. The van der Waals surface area contributed by atoms with Crippen LogP contribution in [-0.2, 0) is 0 Å². The molecule has 26 heavy (non-hydrogen) atoms. The monoisotopic (exact) mass is 347 g/mol. The van der Waals surface area contributed by atoms with Crippen molar-refractivity contribution in [1.82, 2.24) is 5.43 Å². The first-order valence-corrected chi connectivity index (χ1v) is 7.98. The highest BCUT2D eigenvalue weighted by Gasteiger charge is 2.14. The molecule has 6 heteroatoms. The number of hydrogen-bond donors (Lipinski definition) is 2. The maximum atomic E-state index is 12.5. The molecule has 130 valence electrons. The maximum Gasteiger partial charge on any atom is 0.273 e. The molecule has 0 atom stereocenters. The van der Waals surface area contributed by atoms with Gasteiger partial charge in [0, 0.05) is 5.56 Å². The number of furan rings is 1. The number of carbonyl (C=O) groups excluding carboxylic acids is 2. The number of amides is 2. The van der Waals surface area contributed by atoms with Crippen LogP contribution in [-0.4, -0.2) is 18.0 Å². The maximum absolute atomic E-state index is 12.5. The summed E-state index contributed by atoms with van der Waals surface area (Å²) in [5.74, 6) is -0.192. The molecule has 0 bridgehead atoms. The minimum atomic E-state index is -0.437. The van der Waals surface area contributed by atoms with Crippen molar-refractivity contribution in [1.29, 1.82) is 0 Å². The second-order valence-corrected chi connectivity index (χ2v) is 5.53. The average molecular weight is 347 g/mol. The molecule has 1 heterocycles. The van der Waals surface area contributed by atoms with Crippen LogP contribution in [0.1, 0.15) is 32.0 Å². The zero-order valence-electron chi connectivity index (χ0n) is 14.1. The molecular formula is C20H17N3O3. The van der Waals surface area contributed by atoms with Crippen molar-refractivity contribution < 1.29 is 14.0 Å². The Balaban J connectivity index is 1.74. The summed E-state index contributed by atoms with van der Waals surface area (Å²) in [6, 6.07) is 17.4. The van der Waals surface area contributed by atoms with E-state index in [9.17, 15) is 9.59 Å². The zero-order valence-corrected chi connectivity index (χ0v) is 14.1. The summed E-state index contributed by atoms with van der Waals surface area (Å²) in [5, 5.41) is 6.63. The van der Waals surface area contributed by atoms with E-state index in [0.29, 0.717) is 22.6 Å². The van der Waals surface area contributed by atoms with Gasteiger partial charge in [-0.15, -0.1) is 0 Å². The smallest absolute Gasteiger partial charge is 0.273 e. The number of benzene rings is 2. The van der Waals surface area contributed by atoms with E-state index >= 15 is 0 Å². The van der Waals surface area contributed by atoms with E-state index in [1.807, 2.05) is 19.1 Å². The largest absolute Gasteiger partial charge is 0.463 e. The van der Waals surface area contributed by atoms with Gasteiger partial charge in [-0.25, -0.2) is 5.43 Å². The number of hydrazone groups is 1. The topological polar surface area (TPSA) is 83.7 Å². The summed E-state index contributed by atoms with van der Waals surface area (Å²) in [5.41, 5.74) is 4.55. The molecule has 0 aliphatic rings. The van der Waals surface area contributed by atoms with Crippen LogP contribution >= 0.6 is 0 Å². The molecule has 0 aliphatic heterocycles. The second kappa shape index (κ2) is 7.94. The molecule has 3 aromatic rings. The van der Waals surface area contributed by atoms with Gasteiger partial charge in [-0.2, -0.15) is 5.10 Å². The van der Waals surface area contributed by atoms with E-state index in [4.69, 9.17) is 4.42 Å². The average Bonchev–Trinajstić information content (AvgIpc) is 3.16. The lowest BCUT2D eigenvalue weighted by atomic mass is 10.1. The number of nitrogens with one attached hydrogen (secondary N) is 2. The Morgan fingerprint density at radius 3 is 2.38 bits per heavy atom. The van der Waals surface area contributed by atoms with Gasteiger partial charge >= 0.3 is 0 Å². The number of carbonyl (C=O) groups is 2. The third kappa shape index (κ3) is 4.05. The summed E-state index contributed by atoms with van der Waals surface area (Å²) in [6.45, 7) is 1.86. The number of anilines is 1. The quantitative estimate of drug-likeness (QED) is 0.546. The molecule has 0 saturated carbocycles. The number of rotatable bonds is 5. The van der Waals surface area contributed by atoms with Gasteiger partial charge < -0.3 is 9.73 Å². The first-order chi connectivity index (χ1) is 12.6. The fourth-order valence-corrected chi connectivity index (χ4v) is 2.39. The highest BCUT2D eigenvalue weighted by Crippen LogP contribution is 2.17. The van der Waals surface area contributed by atoms with Crippen molar-refractivity contribution in [2.75, 3.05) is 5.32 Å². The second-order valence-electron chi connectivity index (χ2n) is 5.53. The first kappa shape index (κ1) is 17.2. The van der Waals surface area contributed by atoms with E-state index in [1.165, 1.54) is 12.5 Å². The van der Waals surface area contributed by atoms with E-state index in [-0.39, 0.29) is 5.91 Å². The third-order valence-corrected chi connectivity index (χ3v) is 3.71. The van der Waals surface area contributed by atoms with Crippen molar-refractivity contribution in [2.45, 2.75) is 6.92 Å². The van der Waals surface area contributed by atoms with Gasteiger partial charge in [-0.1, -0.05) is 30.3 Å². The van der Waals surface area contributed by atoms with Crippen LogP contribution in [0.5, 0.6) is 0 Å². The van der Waals surface area contributed by atoms with Crippen LogP contribution in [0.4, 0.5) is 5.69 Å². The number of nitrogens with zero attached hydrogens (tertiary/aromatic N) is 1. The summed E-state index contributed by atoms with van der Waals surface area (Å²) >= 11 is 0. The molecule has 0 fully saturated rings. The molecule has 1 aromatic heterocycles. The Morgan fingerprint density at radius 1 is 0.923 bits per heavy atom. The van der Waals surface area contributed by atoms with Crippen molar-refractivity contribution in [2.24, 2.45) is 5.10 Å². The van der Waals surface area contributed by atoms with Crippen LogP contribution in [0.25, 0.3) is 0 Å². The minimum Gasteiger partial charge on any atom is -0.463 e. The van der Waals surface area contributed by atoms with Gasteiger partial charge in [-0.05, 0) is 42.8 Å². The number of aryl methyl sites for hydroxylation is 1. The molecule has 0 saturated heterocycles. The standard InChI is InChI=1S/C20H17N3O3/c1-14-7-2-3-9-16(14)19(24)22-18-11-5-4-10-17(18)20(25)23-21-13-15-8-6-12-26-15/h2-13H,1H3,(H,22,24)(H,23,25). The Kier molecular flexibility index (Phi) is 5.24. The van der Waals surface area contributed by atoms with E-state index in [2.05, 4.69) is 15.8 Å². The lowest BCUT2D eigenvalue weighted by Crippen LogP contribution is -2.21. The van der Waals surface area contributed by atoms with Crippen LogP contribution in [0.15, 0.2) is 76.4 Å². The molecule has 0 radical (unpaired) electrons. The highest BCUT2D eigenvalue weighted by atomic mass is 16.3. The predicted molar refractivity (Wildman–Crippen MR) is 99.3 cm³/mol. The molecule has 2 amide bonds. The van der Waals surface area contributed by atoms with E-state index in [0.717, 1.165) is 5.56 Å². The summed E-state index contributed by atoms with van der Waals surface area (Å²) in [6.07, 6.45) is 2.91. The van der Waals surface area contributed by atoms with Crippen LogP contribution in [0, 0.1) is 6.92 Å². The fourth-order valence-electron chi connectivity index (χ4n) is 2.39. The third-order valence-electron chi connectivity index (χ3n) is 3.71. The van der Waals surface area contributed by atoms with Gasteiger partial charge in [0.05, 0.1) is 23.7 Å². The Labute approximate surface area is 150 Å². The summed E-state index contributed by atoms with van der Waals surface area (Å²) < 4.78 is 5.10. The normalized spacial score (nSPS) is 10.7. The molecule has 6 nitrogen and oxygen atoms in total. The lowest BCUT2D eigenvalue weighted by molar-refractivity contribution is 0.0956. The van der Waals surface area contributed by atoms with Gasteiger partial charge in [0.1, 0.15) is 5.76 Å². The lowest BCUT2D eigenvalue weighted by Gasteiger charge is -2.11. The zero-order chi connectivity index (χ0) is 18.4. The number of para-hydroxylation sites is 1. The van der Waals surface area contributed by atoms with Crippen molar-refractivity contribution >= 4 is 23.7 Å². The molecule has 2 N–H and O–H groups in total. The molecule has 0 unspecified atom stereocenters. The van der Waals surface area contributed by atoms with Gasteiger partial charge in [0.2, 0.25) is 0 Å². The predicted octanol–water partition coefficient (Wildman–Crippen LogP) is 3.60. The molecule has 0 aliphatic carbocycles. The highest BCUT2D eigenvalue weighted by molar-refractivity contribution is 6.09. The van der Waals surface area contributed by atoms with E-state index in [1.54, 1.807) is 48.5 Å². The van der Waals surface area contributed by atoms with Gasteiger partial charge in [-0.3, -0.25) is 9.59 Å². The van der Waals surface area contributed by atoms with Crippen LogP contribution in [0.2, 0.25) is 0 Å². The molecule has 0 spiro atoms. The Bertz CT molecular complexity index is 946. The van der Waals surface area contributed by atoms with Gasteiger partial charge in [0.15, 0.2) is 0 Å². The van der Waals surface area contributed by atoms with Crippen LogP contribution < -0.4 is 10.7 Å². The molecule has 2 aromatic carbocycles. The molecule has 3 rings (SSSR count). The fraction of sp³-hybridized carbons (Fsp3) is 0.0500. The van der Waals surface area contributed by atoms with Crippen molar-refractivity contribution in [3.63, 3.8) is 0 Å². The van der Waals surface area contributed by atoms with E-state index < -0.39 is 5.91 Å². The van der Waals surface area contributed by atoms with Crippen LogP contribution in [0.3, 0.4) is 0 Å². The van der Waals surface area contributed by atoms with Gasteiger partial charge in [0.25, 0.3) is 11.8 Å². The Morgan fingerprint density at radius 2 is 1.65 bits per heavy atom. The van der Waals surface area contributed by atoms with Crippen molar-refractivity contribution in [3.8, 4) is 0 Å². The Hall–Kier alpha value is -3.67. The first-order valence-electron chi connectivity index (χ1n) is 7.98. The summed E-state index contributed by atoms with van der Waals surface area (Å²) in [7, 11) is 0. The summed E-state index contributed by atoms with van der Waals surface area (Å²) in [4.78, 5) is 24.9.